The van der Waals surface area contributed by atoms with Crippen LogP contribution >= 0.6 is 0 Å². The normalized spacial score (nSPS) is 17.0. The average Bonchev–Trinajstić information content (AvgIpc) is 2.67. The fraction of sp³-hybridized carbons (Fsp3) is 0.526. The zero-order chi connectivity index (χ0) is 19.0. The Hall–Kier alpha value is -2.77. The van der Waals surface area contributed by atoms with E-state index in [4.69, 9.17) is 0 Å². The highest BCUT2D eigenvalue weighted by molar-refractivity contribution is 5.95. The zero-order valence-corrected chi connectivity index (χ0v) is 15.8. The predicted octanol–water partition coefficient (Wildman–Crippen LogP) is 1.37. The van der Waals surface area contributed by atoms with Crippen molar-refractivity contribution in [3.63, 3.8) is 0 Å². The molecule has 1 N–H and O–H groups in total. The van der Waals surface area contributed by atoms with Gasteiger partial charge in [-0.05, 0) is 39.5 Å². The summed E-state index contributed by atoms with van der Waals surface area (Å²) in [6.45, 7) is 6.37. The molecule has 0 spiro atoms. The van der Waals surface area contributed by atoms with Crippen molar-refractivity contribution in [2.24, 2.45) is 0 Å². The monoisotopic (exact) mass is 368 g/mol. The molecule has 0 radical (unpaired) electrons. The summed E-state index contributed by atoms with van der Waals surface area (Å²) in [5, 5.41) is 0. The van der Waals surface area contributed by atoms with E-state index < -0.39 is 0 Å². The molecule has 0 saturated carbocycles. The van der Waals surface area contributed by atoms with Crippen LogP contribution in [0.5, 0.6) is 0 Å². The Kier molecular flexibility index (Phi) is 4.63. The number of aromatic amines is 1. The van der Waals surface area contributed by atoms with Crippen LogP contribution in [0.25, 0.3) is 0 Å². The van der Waals surface area contributed by atoms with Crippen molar-refractivity contribution in [1.82, 2.24) is 24.8 Å². The lowest BCUT2D eigenvalue weighted by Crippen LogP contribution is -2.39. The van der Waals surface area contributed by atoms with Crippen LogP contribution < -0.4 is 10.5 Å². The highest BCUT2D eigenvalue weighted by Crippen LogP contribution is 2.20. The van der Waals surface area contributed by atoms with Gasteiger partial charge in [-0.25, -0.2) is 15.0 Å². The van der Waals surface area contributed by atoms with Crippen LogP contribution in [-0.2, 0) is 13.0 Å². The van der Waals surface area contributed by atoms with Gasteiger partial charge < -0.3 is 14.8 Å². The lowest BCUT2D eigenvalue weighted by Gasteiger charge is -2.29. The van der Waals surface area contributed by atoms with E-state index in [2.05, 4.69) is 24.8 Å². The summed E-state index contributed by atoms with van der Waals surface area (Å²) in [6, 6.07) is 0. The quantitative estimate of drug-likeness (QED) is 0.860. The van der Waals surface area contributed by atoms with Crippen LogP contribution in [0.4, 0.5) is 5.95 Å². The second kappa shape index (κ2) is 7.09. The van der Waals surface area contributed by atoms with Crippen LogP contribution in [0, 0.1) is 13.8 Å². The number of piperidine rings is 1. The van der Waals surface area contributed by atoms with E-state index in [0.717, 1.165) is 25.9 Å². The molecular weight excluding hydrogens is 344 g/mol. The third-order valence-electron chi connectivity index (χ3n) is 5.32. The molecule has 2 aromatic heterocycles. The summed E-state index contributed by atoms with van der Waals surface area (Å²) in [5.74, 6) is 1.16. The number of anilines is 1. The summed E-state index contributed by atoms with van der Waals surface area (Å²) >= 11 is 0. The summed E-state index contributed by atoms with van der Waals surface area (Å²) in [5.41, 5.74) is 2.46. The molecule has 142 valence electrons. The van der Waals surface area contributed by atoms with Crippen molar-refractivity contribution in [3.05, 3.63) is 44.9 Å². The number of nitrogens with zero attached hydrogens (tertiary/aromatic N) is 5. The molecule has 27 heavy (non-hydrogen) atoms. The van der Waals surface area contributed by atoms with Crippen molar-refractivity contribution in [3.8, 4) is 0 Å². The summed E-state index contributed by atoms with van der Waals surface area (Å²) in [7, 11) is 0. The van der Waals surface area contributed by atoms with E-state index in [0.29, 0.717) is 53.8 Å². The predicted molar refractivity (Wildman–Crippen MR) is 101 cm³/mol. The first-order valence-corrected chi connectivity index (χ1v) is 9.49. The van der Waals surface area contributed by atoms with E-state index in [9.17, 15) is 9.59 Å². The highest BCUT2D eigenvalue weighted by atomic mass is 16.2. The first-order chi connectivity index (χ1) is 13.0. The van der Waals surface area contributed by atoms with Gasteiger partial charge in [0.2, 0.25) is 5.95 Å². The van der Waals surface area contributed by atoms with Gasteiger partial charge in [-0.2, -0.15) is 0 Å². The maximum atomic E-state index is 13.0. The lowest BCUT2D eigenvalue weighted by molar-refractivity contribution is 0.0729. The minimum atomic E-state index is -0.108. The van der Waals surface area contributed by atoms with Gasteiger partial charge in [-0.1, -0.05) is 0 Å². The highest BCUT2D eigenvalue weighted by Gasteiger charge is 2.26. The van der Waals surface area contributed by atoms with E-state index >= 15 is 0 Å². The molecule has 0 aromatic carbocycles. The average molecular weight is 368 g/mol. The molecule has 0 atom stereocenters. The number of carbonyl (C=O) groups excluding carboxylic acids is 1. The molecule has 1 saturated heterocycles. The largest absolute Gasteiger partial charge is 0.341 e. The topological polar surface area (TPSA) is 95.1 Å². The number of aromatic nitrogens is 4. The number of hydrogen-bond donors (Lipinski definition) is 1. The van der Waals surface area contributed by atoms with Crippen LogP contribution in [0.1, 0.15) is 52.4 Å². The molecule has 4 rings (SSSR count). The van der Waals surface area contributed by atoms with Gasteiger partial charge in [0.15, 0.2) is 0 Å². The molecule has 1 fully saturated rings. The number of H-pyrrole nitrogens is 1. The molecule has 2 aliphatic rings. The number of amides is 1. The number of nitrogens with one attached hydrogen (secondary N) is 1. The van der Waals surface area contributed by atoms with Crippen molar-refractivity contribution in [1.29, 1.82) is 0 Å². The van der Waals surface area contributed by atoms with Gasteiger partial charge in [-0.15, -0.1) is 0 Å². The van der Waals surface area contributed by atoms with Gasteiger partial charge in [0.1, 0.15) is 5.82 Å². The number of hydrogen-bond acceptors (Lipinski definition) is 6. The van der Waals surface area contributed by atoms with Crippen LogP contribution in [0.15, 0.2) is 11.0 Å². The van der Waals surface area contributed by atoms with Crippen molar-refractivity contribution < 1.29 is 4.79 Å². The fourth-order valence-electron chi connectivity index (χ4n) is 3.82. The van der Waals surface area contributed by atoms with Crippen LogP contribution in [0.2, 0.25) is 0 Å². The zero-order valence-electron chi connectivity index (χ0n) is 15.8. The van der Waals surface area contributed by atoms with Crippen molar-refractivity contribution >= 4 is 11.9 Å². The van der Waals surface area contributed by atoms with Gasteiger partial charge in [-0.3, -0.25) is 9.59 Å². The first-order valence-electron chi connectivity index (χ1n) is 9.49. The Morgan fingerprint density at radius 1 is 1.11 bits per heavy atom. The summed E-state index contributed by atoms with van der Waals surface area (Å²) in [6.07, 6.45) is 5.71. The SMILES string of the molecule is Cc1nc2c(c(=O)[nH]1)CCN(C(=O)c1cnc(N3CCCCC3)nc1C)C2. The third kappa shape index (κ3) is 3.43. The Morgan fingerprint density at radius 2 is 1.89 bits per heavy atom. The maximum Gasteiger partial charge on any atom is 0.257 e. The van der Waals surface area contributed by atoms with Gasteiger partial charge in [0.05, 0.1) is 23.5 Å². The Balaban J connectivity index is 1.55. The number of rotatable bonds is 2. The van der Waals surface area contributed by atoms with Gasteiger partial charge in [0.25, 0.3) is 11.5 Å². The second-order valence-electron chi connectivity index (χ2n) is 7.27. The molecule has 8 heteroatoms. The molecule has 0 aliphatic carbocycles. The lowest BCUT2D eigenvalue weighted by atomic mass is 10.1. The van der Waals surface area contributed by atoms with Crippen LogP contribution in [-0.4, -0.2) is 50.4 Å². The molecule has 2 aliphatic heterocycles. The molecule has 8 nitrogen and oxygen atoms in total. The maximum absolute atomic E-state index is 13.0. The van der Waals surface area contributed by atoms with Gasteiger partial charge >= 0.3 is 0 Å². The van der Waals surface area contributed by atoms with Gasteiger partial charge in [0, 0.05) is 31.4 Å². The number of carbonyl (C=O) groups is 1. The van der Waals surface area contributed by atoms with Crippen molar-refractivity contribution in [2.45, 2.75) is 46.1 Å². The Morgan fingerprint density at radius 3 is 2.63 bits per heavy atom. The number of aryl methyl sites for hydroxylation is 2. The van der Waals surface area contributed by atoms with E-state index in [1.165, 1.54) is 6.42 Å². The minimum Gasteiger partial charge on any atom is -0.341 e. The van der Waals surface area contributed by atoms with Crippen LogP contribution in [0.3, 0.4) is 0 Å². The molecule has 4 heterocycles. The minimum absolute atomic E-state index is 0.102. The standard InChI is InChI=1S/C19H24N6O2/c1-12-15(10-20-19(21-12)24-7-4-3-5-8-24)18(27)25-9-6-14-16(11-25)22-13(2)23-17(14)26/h10H,3-9,11H2,1-2H3,(H,22,23,26). The smallest absolute Gasteiger partial charge is 0.257 e. The first kappa shape index (κ1) is 17.6. The van der Waals surface area contributed by atoms with E-state index in [1.54, 1.807) is 18.0 Å². The summed E-state index contributed by atoms with van der Waals surface area (Å²) in [4.78, 5) is 45.1. The molecule has 1 amide bonds. The fourth-order valence-corrected chi connectivity index (χ4v) is 3.82. The summed E-state index contributed by atoms with van der Waals surface area (Å²) < 4.78 is 0. The van der Waals surface area contributed by atoms with Crippen molar-refractivity contribution in [2.75, 3.05) is 24.5 Å². The molecular formula is C19H24N6O2. The Bertz CT molecular complexity index is 932. The molecule has 0 bridgehead atoms. The number of fused-ring (bicyclic) bond motifs is 1. The molecule has 2 aromatic rings. The van der Waals surface area contributed by atoms with E-state index in [-0.39, 0.29) is 11.5 Å². The van der Waals surface area contributed by atoms with E-state index in [1.807, 2.05) is 6.92 Å². The second-order valence-corrected chi connectivity index (χ2v) is 7.27. The third-order valence-corrected chi connectivity index (χ3v) is 5.32. The molecule has 0 unspecified atom stereocenters. The Labute approximate surface area is 157 Å².